The number of aromatic nitrogens is 1. The maximum atomic E-state index is 12.9. The van der Waals surface area contributed by atoms with Gasteiger partial charge in [-0.05, 0) is 30.7 Å². The lowest BCUT2D eigenvalue weighted by molar-refractivity contribution is -0.141. The molecule has 0 saturated heterocycles. The quantitative estimate of drug-likeness (QED) is 0.602. The maximum absolute atomic E-state index is 12.9. The second kappa shape index (κ2) is 8.47. The van der Waals surface area contributed by atoms with Gasteiger partial charge in [0.15, 0.2) is 11.5 Å². The van der Waals surface area contributed by atoms with Crippen LogP contribution in [0.2, 0.25) is 0 Å². The maximum Gasteiger partial charge on any atom is 0.323 e. The van der Waals surface area contributed by atoms with E-state index < -0.39 is 30.0 Å². The lowest BCUT2D eigenvalue weighted by Crippen LogP contribution is -2.30. The predicted octanol–water partition coefficient (Wildman–Crippen LogP) is 1.36. The van der Waals surface area contributed by atoms with Crippen molar-refractivity contribution in [2.75, 3.05) is 14.2 Å². The van der Waals surface area contributed by atoms with E-state index in [1.54, 1.807) is 0 Å². The van der Waals surface area contributed by atoms with Crippen LogP contribution in [0, 0.1) is 6.92 Å². The summed E-state index contributed by atoms with van der Waals surface area (Å²) >= 11 is 0. The Kier molecular flexibility index (Phi) is 6.29. The standard InChI is InChI=1S/C19H21NO8/c1-10-6-14(22)18(19(26)20(10)9-16(23)24)12(8-17(25)28-3)11-4-5-15(27-2)13(21)7-11/h4-7,12,21-22H,8-9H2,1-3H3,(H,23,24)/t12-/m0/s1. The number of ether oxygens (including phenoxy) is 2. The number of hydrogen-bond acceptors (Lipinski definition) is 7. The minimum absolute atomic E-state index is 0.165. The SMILES string of the molecule is COC(=O)C[C@@H](c1ccc(OC)c(O)c1)c1c(O)cc(C)n(CC(=O)O)c1=O. The molecule has 0 aliphatic rings. The summed E-state index contributed by atoms with van der Waals surface area (Å²) in [5, 5.41) is 29.6. The first-order valence-electron chi connectivity index (χ1n) is 8.28. The van der Waals surface area contributed by atoms with Gasteiger partial charge in [0.05, 0.1) is 26.2 Å². The van der Waals surface area contributed by atoms with E-state index >= 15 is 0 Å². The molecule has 9 heteroatoms. The number of aromatic hydroxyl groups is 2. The van der Waals surface area contributed by atoms with Crippen LogP contribution in [0.25, 0.3) is 0 Å². The van der Waals surface area contributed by atoms with Crippen molar-refractivity contribution in [2.24, 2.45) is 0 Å². The average molecular weight is 391 g/mol. The zero-order chi connectivity index (χ0) is 21.0. The second-order valence-electron chi connectivity index (χ2n) is 6.13. The van der Waals surface area contributed by atoms with Crippen molar-refractivity contribution < 1.29 is 34.4 Å². The summed E-state index contributed by atoms with van der Waals surface area (Å²) in [5.41, 5.74) is -0.309. The van der Waals surface area contributed by atoms with Crippen LogP contribution in [0.4, 0.5) is 0 Å². The zero-order valence-electron chi connectivity index (χ0n) is 15.6. The summed E-state index contributed by atoms with van der Waals surface area (Å²) in [6.45, 7) is 0.888. The molecule has 0 aliphatic heterocycles. The molecule has 9 nitrogen and oxygen atoms in total. The Hall–Kier alpha value is -3.49. The van der Waals surface area contributed by atoms with Crippen LogP contribution < -0.4 is 10.3 Å². The highest BCUT2D eigenvalue weighted by Gasteiger charge is 2.27. The molecule has 0 fully saturated rings. The third kappa shape index (κ3) is 4.25. The van der Waals surface area contributed by atoms with Gasteiger partial charge in [0, 0.05) is 11.6 Å². The van der Waals surface area contributed by atoms with Crippen LogP contribution in [0.5, 0.6) is 17.2 Å². The Morgan fingerprint density at radius 1 is 1.14 bits per heavy atom. The number of aryl methyl sites for hydroxylation is 1. The molecule has 0 bridgehead atoms. The third-order valence-electron chi connectivity index (χ3n) is 4.37. The van der Waals surface area contributed by atoms with E-state index in [-0.39, 0.29) is 34.9 Å². The van der Waals surface area contributed by atoms with Crippen molar-refractivity contribution in [3.05, 3.63) is 51.4 Å². The number of esters is 1. The molecule has 1 aromatic heterocycles. The smallest absolute Gasteiger partial charge is 0.323 e. The van der Waals surface area contributed by atoms with Gasteiger partial charge >= 0.3 is 11.9 Å². The number of carboxylic acids is 1. The van der Waals surface area contributed by atoms with Crippen LogP contribution in [0.15, 0.2) is 29.1 Å². The number of methoxy groups -OCH3 is 2. The van der Waals surface area contributed by atoms with Crippen molar-refractivity contribution in [3.63, 3.8) is 0 Å². The van der Waals surface area contributed by atoms with Gasteiger partial charge in [-0.3, -0.25) is 14.4 Å². The Labute approximate surface area is 160 Å². The number of phenolic OH excluding ortho intramolecular Hbond substituents is 1. The fourth-order valence-corrected chi connectivity index (χ4v) is 2.99. The minimum atomic E-state index is -1.23. The number of benzene rings is 1. The normalized spacial score (nSPS) is 11.7. The molecule has 0 spiro atoms. The fourth-order valence-electron chi connectivity index (χ4n) is 2.99. The highest BCUT2D eigenvalue weighted by molar-refractivity contribution is 5.72. The van der Waals surface area contributed by atoms with Crippen molar-refractivity contribution in [1.29, 1.82) is 0 Å². The van der Waals surface area contributed by atoms with Crippen molar-refractivity contribution in [3.8, 4) is 17.2 Å². The third-order valence-corrected chi connectivity index (χ3v) is 4.37. The summed E-state index contributed by atoms with van der Waals surface area (Å²) < 4.78 is 10.7. The summed E-state index contributed by atoms with van der Waals surface area (Å²) in [6, 6.07) is 5.56. The number of pyridine rings is 1. The molecule has 1 aromatic carbocycles. The van der Waals surface area contributed by atoms with E-state index in [1.165, 1.54) is 45.4 Å². The highest BCUT2D eigenvalue weighted by Crippen LogP contribution is 2.36. The number of carbonyl (C=O) groups excluding carboxylic acids is 1. The molecule has 0 saturated carbocycles. The number of rotatable bonds is 7. The number of phenols is 1. The molecule has 0 amide bonds. The molecule has 0 aliphatic carbocycles. The van der Waals surface area contributed by atoms with E-state index in [2.05, 4.69) is 4.74 Å². The first-order valence-corrected chi connectivity index (χ1v) is 8.28. The number of hydrogen-bond donors (Lipinski definition) is 3. The summed E-state index contributed by atoms with van der Waals surface area (Å²) in [6.07, 6.45) is -0.304. The summed E-state index contributed by atoms with van der Waals surface area (Å²) in [4.78, 5) is 36.0. The molecule has 1 heterocycles. The van der Waals surface area contributed by atoms with Crippen molar-refractivity contribution >= 4 is 11.9 Å². The molecular weight excluding hydrogens is 370 g/mol. The van der Waals surface area contributed by atoms with Crippen LogP contribution in [0.3, 0.4) is 0 Å². The lowest BCUT2D eigenvalue weighted by Gasteiger charge is -2.20. The van der Waals surface area contributed by atoms with Gasteiger partial charge in [-0.25, -0.2) is 0 Å². The van der Waals surface area contributed by atoms with Crippen molar-refractivity contribution in [1.82, 2.24) is 4.57 Å². The highest BCUT2D eigenvalue weighted by atomic mass is 16.5. The molecule has 0 unspecified atom stereocenters. The van der Waals surface area contributed by atoms with E-state index in [9.17, 15) is 24.6 Å². The van der Waals surface area contributed by atoms with Gasteiger partial charge in [-0.15, -0.1) is 0 Å². The Morgan fingerprint density at radius 3 is 2.36 bits per heavy atom. The summed E-state index contributed by atoms with van der Waals surface area (Å²) in [5.74, 6) is -3.26. The molecule has 1 atom stereocenters. The van der Waals surface area contributed by atoms with Crippen molar-refractivity contribution in [2.45, 2.75) is 25.8 Å². The molecular formula is C19H21NO8. The second-order valence-corrected chi connectivity index (χ2v) is 6.13. The molecule has 2 aromatic rings. The topological polar surface area (TPSA) is 135 Å². The van der Waals surface area contributed by atoms with Gasteiger partial charge in [0.25, 0.3) is 5.56 Å². The van der Waals surface area contributed by atoms with Gasteiger partial charge < -0.3 is 29.4 Å². The Balaban J connectivity index is 2.71. The largest absolute Gasteiger partial charge is 0.507 e. The molecule has 150 valence electrons. The molecule has 28 heavy (non-hydrogen) atoms. The van der Waals surface area contributed by atoms with Crippen LogP contribution in [0.1, 0.15) is 29.2 Å². The zero-order valence-corrected chi connectivity index (χ0v) is 15.6. The molecule has 3 N–H and O–H groups in total. The van der Waals surface area contributed by atoms with Gasteiger partial charge in [-0.2, -0.15) is 0 Å². The number of carboxylic acid groups (broad SMARTS) is 1. The van der Waals surface area contributed by atoms with Crippen LogP contribution in [-0.2, 0) is 20.9 Å². The summed E-state index contributed by atoms with van der Waals surface area (Å²) in [7, 11) is 2.56. The van der Waals surface area contributed by atoms with Gasteiger partial charge in [0.2, 0.25) is 0 Å². The molecule has 2 rings (SSSR count). The average Bonchev–Trinajstić information content (AvgIpc) is 2.63. The Bertz CT molecular complexity index is 963. The van der Waals surface area contributed by atoms with Crippen LogP contribution in [-0.4, -0.2) is 46.0 Å². The van der Waals surface area contributed by atoms with Gasteiger partial charge in [0.1, 0.15) is 12.3 Å². The number of nitrogens with zero attached hydrogens (tertiary/aromatic N) is 1. The number of aliphatic carboxylic acids is 1. The van der Waals surface area contributed by atoms with E-state index in [0.717, 1.165) is 4.57 Å². The van der Waals surface area contributed by atoms with E-state index in [0.29, 0.717) is 5.56 Å². The van der Waals surface area contributed by atoms with Crippen LogP contribution >= 0.6 is 0 Å². The first kappa shape index (κ1) is 20.8. The number of carbonyl (C=O) groups is 2. The predicted molar refractivity (Wildman–Crippen MR) is 97.9 cm³/mol. The van der Waals surface area contributed by atoms with E-state index in [4.69, 9.17) is 9.84 Å². The fraction of sp³-hybridized carbons (Fsp3) is 0.316. The van der Waals surface area contributed by atoms with E-state index in [1.807, 2.05) is 0 Å². The monoisotopic (exact) mass is 391 g/mol. The lowest BCUT2D eigenvalue weighted by atomic mass is 9.88. The van der Waals surface area contributed by atoms with Gasteiger partial charge in [-0.1, -0.05) is 6.07 Å². The first-order chi connectivity index (χ1) is 13.2. The Morgan fingerprint density at radius 2 is 1.82 bits per heavy atom. The molecule has 0 radical (unpaired) electrons. The minimum Gasteiger partial charge on any atom is -0.507 e.